The van der Waals surface area contributed by atoms with Crippen LogP contribution in [0.4, 0.5) is 10.5 Å². The minimum atomic E-state index is -0.789. The number of urea groups is 1. The van der Waals surface area contributed by atoms with Gasteiger partial charge in [-0.1, -0.05) is 28.9 Å². The summed E-state index contributed by atoms with van der Waals surface area (Å²) in [6.07, 6.45) is 2.29. The van der Waals surface area contributed by atoms with Gasteiger partial charge in [0.05, 0.1) is 18.9 Å². The Morgan fingerprint density at radius 2 is 1.73 bits per heavy atom. The number of nitrogens with zero attached hydrogens (tertiary/aromatic N) is 1. The molecule has 0 aliphatic carbocycles. The Balaban J connectivity index is 1.95. The van der Waals surface area contributed by atoms with Crippen molar-refractivity contribution in [2.24, 2.45) is 0 Å². The van der Waals surface area contributed by atoms with Crippen molar-refractivity contribution in [3.63, 3.8) is 0 Å². The molecule has 0 unspecified atom stereocenters. The van der Waals surface area contributed by atoms with Gasteiger partial charge in [-0.15, -0.1) is 0 Å². The van der Waals surface area contributed by atoms with Crippen LogP contribution in [0.3, 0.4) is 0 Å². The van der Waals surface area contributed by atoms with Gasteiger partial charge in [0, 0.05) is 4.47 Å². The van der Waals surface area contributed by atoms with E-state index in [0.717, 1.165) is 15.8 Å². The number of barbiturate groups is 1. The second kappa shape index (κ2) is 9.58. The number of ether oxygens (including phenoxy) is 2. The number of carbonyl (C=O) groups excluding carboxylic acids is 3. The first-order valence-corrected chi connectivity index (χ1v) is 10.3. The quantitative estimate of drug-likeness (QED) is 0.479. The van der Waals surface area contributed by atoms with Crippen LogP contribution in [-0.2, 0) is 9.59 Å². The second-order valence-corrected chi connectivity index (χ2v) is 7.34. The molecule has 1 aliphatic rings. The lowest BCUT2D eigenvalue weighted by Crippen LogP contribution is -2.54. The van der Waals surface area contributed by atoms with Gasteiger partial charge < -0.3 is 9.47 Å². The zero-order chi connectivity index (χ0) is 21.7. The zero-order valence-electron chi connectivity index (χ0n) is 16.6. The van der Waals surface area contributed by atoms with Crippen LogP contribution < -0.4 is 19.7 Å². The number of imide groups is 2. The number of halogens is 1. The summed E-state index contributed by atoms with van der Waals surface area (Å²) in [6, 6.07) is 11.0. The topological polar surface area (TPSA) is 84.9 Å². The maximum atomic E-state index is 13.0. The molecule has 1 heterocycles. The van der Waals surface area contributed by atoms with E-state index >= 15 is 0 Å². The Hall–Kier alpha value is -3.13. The molecule has 8 heteroatoms. The first kappa shape index (κ1) is 21.6. The van der Waals surface area contributed by atoms with E-state index in [1.165, 1.54) is 6.08 Å². The van der Waals surface area contributed by atoms with Crippen LogP contribution in [0, 0.1) is 0 Å². The fourth-order valence-electron chi connectivity index (χ4n) is 2.86. The van der Waals surface area contributed by atoms with Crippen LogP contribution in [-0.4, -0.2) is 31.1 Å². The van der Waals surface area contributed by atoms with Gasteiger partial charge in [0.1, 0.15) is 5.57 Å². The van der Waals surface area contributed by atoms with Crippen molar-refractivity contribution in [1.29, 1.82) is 0 Å². The summed E-state index contributed by atoms with van der Waals surface area (Å²) in [5.41, 5.74) is 0.783. The van der Waals surface area contributed by atoms with Crippen molar-refractivity contribution in [2.75, 3.05) is 18.1 Å². The molecular weight excluding hydrogens is 452 g/mol. The van der Waals surface area contributed by atoms with E-state index in [9.17, 15) is 14.4 Å². The molecule has 1 saturated heterocycles. The lowest BCUT2D eigenvalue weighted by Gasteiger charge is -2.26. The minimum absolute atomic E-state index is 0.151. The molecule has 3 rings (SSSR count). The highest BCUT2D eigenvalue weighted by molar-refractivity contribution is 9.10. The monoisotopic (exact) mass is 472 g/mol. The van der Waals surface area contributed by atoms with Crippen molar-refractivity contribution in [3.8, 4) is 11.5 Å². The van der Waals surface area contributed by atoms with Crippen molar-refractivity contribution in [2.45, 2.75) is 20.3 Å². The molecule has 2 aromatic rings. The summed E-state index contributed by atoms with van der Waals surface area (Å²) in [5.74, 6) is -0.338. The Morgan fingerprint density at radius 1 is 1.00 bits per heavy atom. The van der Waals surface area contributed by atoms with Gasteiger partial charge in [-0.3, -0.25) is 14.9 Å². The standard InChI is InChI=1S/C22H21BrN2O5/c1-3-11-30-18-10-5-14(13-19(18)29-4-2)12-17-20(26)24-22(28)25(21(17)27)16-8-6-15(23)7-9-16/h5-10,12-13H,3-4,11H2,1-2H3,(H,24,26,28)/b17-12+. The van der Waals surface area contributed by atoms with Crippen molar-refractivity contribution in [3.05, 3.63) is 58.1 Å². The third-order valence-corrected chi connectivity index (χ3v) is 4.76. The number of nitrogens with one attached hydrogen (secondary N) is 1. The molecule has 1 aliphatic heterocycles. The van der Waals surface area contributed by atoms with Crippen molar-refractivity contribution >= 4 is 45.5 Å². The molecule has 4 amide bonds. The highest BCUT2D eigenvalue weighted by atomic mass is 79.9. The van der Waals surface area contributed by atoms with E-state index in [-0.39, 0.29) is 5.57 Å². The number of carbonyl (C=O) groups is 3. The molecule has 7 nitrogen and oxygen atoms in total. The molecule has 1 N–H and O–H groups in total. The molecular formula is C22H21BrN2O5. The van der Waals surface area contributed by atoms with Gasteiger partial charge in [-0.25, -0.2) is 9.69 Å². The predicted octanol–water partition coefficient (Wildman–Crippen LogP) is 4.30. The molecule has 0 aromatic heterocycles. The lowest BCUT2D eigenvalue weighted by molar-refractivity contribution is -0.122. The van der Waals surface area contributed by atoms with E-state index in [1.54, 1.807) is 42.5 Å². The maximum Gasteiger partial charge on any atom is 0.335 e. The van der Waals surface area contributed by atoms with E-state index in [4.69, 9.17) is 9.47 Å². The number of hydrogen-bond acceptors (Lipinski definition) is 5. The van der Waals surface area contributed by atoms with Gasteiger partial charge in [-0.05, 0) is 61.4 Å². The smallest absolute Gasteiger partial charge is 0.335 e. The normalized spacial score (nSPS) is 15.4. The third-order valence-electron chi connectivity index (χ3n) is 4.23. The van der Waals surface area contributed by atoms with Crippen molar-refractivity contribution < 1.29 is 23.9 Å². The fraction of sp³-hybridized carbons (Fsp3) is 0.227. The minimum Gasteiger partial charge on any atom is -0.490 e. The number of amides is 4. The summed E-state index contributed by atoms with van der Waals surface area (Å²) in [4.78, 5) is 38.5. The number of anilines is 1. The fourth-order valence-corrected chi connectivity index (χ4v) is 3.13. The molecule has 2 aromatic carbocycles. The molecule has 0 radical (unpaired) electrons. The van der Waals surface area contributed by atoms with Crippen LogP contribution in [0.1, 0.15) is 25.8 Å². The highest BCUT2D eigenvalue weighted by Gasteiger charge is 2.36. The van der Waals surface area contributed by atoms with Gasteiger partial charge in [0.15, 0.2) is 11.5 Å². The van der Waals surface area contributed by atoms with Crippen LogP contribution in [0.5, 0.6) is 11.5 Å². The number of hydrogen-bond donors (Lipinski definition) is 1. The molecule has 30 heavy (non-hydrogen) atoms. The van der Waals surface area contributed by atoms with E-state index in [2.05, 4.69) is 21.2 Å². The SMILES string of the molecule is CCCOc1ccc(/C=C2\C(=O)NC(=O)N(c3ccc(Br)cc3)C2=O)cc1OCC. The molecule has 0 atom stereocenters. The average Bonchev–Trinajstić information content (AvgIpc) is 2.72. The van der Waals surface area contributed by atoms with Crippen molar-refractivity contribution in [1.82, 2.24) is 5.32 Å². The Labute approximate surface area is 182 Å². The first-order chi connectivity index (χ1) is 14.4. The average molecular weight is 473 g/mol. The summed E-state index contributed by atoms with van der Waals surface area (Å²) in [6.45, 7) is 4.85. The van der Waals surface area contributed by atoms with Crippen LogP contribution in [0.2, 0.25) is 0 Å². The van der Waals surface area contributed by atoms with Gasteiger partial charge in [0.2, 0.25) is 0 Å². The van der Waals surface area contributed by atoms with E-state index < -0.39 is 17.8 Å². The highest BCUT2D eigenvalue weighted by Crippen LogP contribution is 2.30. The second-order valence-electron chi connectivity index (χ2n) is 6.42. The first-order valence-electron chi connectivity index (χ1n) is 9.51. The number of benzene rings is 2. The van der Waals surface area contributed by atoms with Gasteiger partial charge in [-0.2, -0.15) is 0 Å². The van der Waals surface area contributed by atoms with Gasteiger partial charge >= 0.3 is 6.03 Å². The third kappa shape index (κ3) is 4.71. The molecule has 0 saturated carbocycles. The molecule has 0 spiro atoms. The summed E-state index contributed by atoms with van der Waals surface area (Å²) < 4.78 is 12.1. The van der Waals surface area contributed by atoms with Crippen LogP contribution in [0.25, 0.3) is 6.08 Å². The van der Waals surface area contributed by atoms with E-state index in [1.807, 2.05) is 13.8 Å². The molecule has 0 bridgehead atoms. The predicted molar refractivity (Wildman–Crippen MR) is 117 cm³/mol. The molecule has 1 fully saturated rings. The summed E-state index contributed by atoms with van der Waals surface area (Å²) in [7, 11) is 0. The Bertz CT molecular complexity index is 1000. The Morgan fingerprint density at radius 3 is 2.40 bits per heavy atom. The largest absolute Gasteiger partial charge is 0.490 e. The summed E-state index contributed by atoms with van der Waals surface area (Å²) in [5, 5.41) is 2.21. The van der Waals surface area contributed by atoms with Crippen LogP contribution in [0.15, 0.2) is 52.5 Å². The lowest BCUT2D eigenvalue weighted by atomic mass is 10.1. The van der Waals surface area contributed by atoms with E-state index in [0.29, 0.717) is 36.0 Å². The Kier molecular flexibility index (Phi) is 6.89. The summed E-state index contributed by atoms with van der Waals surface area (Å²) >= 11 is 3.31. The van der Waals surface area contributed by atoms with Crippen LogP contribution >= 0.6 is 15.9 Å². The van der Waals surface area contributed by atoms with Gasteiger partial charge in [0.25, 0.3) is 11.8 Å². The number of rotatable bonds is 7. The molecule has 156 valence electrons. The zero-order valence-corrected chi connectivity index (χ0v) is 18.2. The maximum absolute atomic E-state index is 13.0.